The van der Waals surface area contributed by atoms with E-state index in [1.54, 1.807) is 18.5 Å². The number of aromatic amines is 1. The fourth-order valence-corrected chi connectivity index (χ4v) is 2.84. The number of halogens is 1. The Morgan fingerprint density at radius 3 is 2.75 bits per heavy atom. The molecule has 5 nitrogen and oxygen atoms in total. The van der Waals surface area contributed by atoms with E-state index in [-0.39, 0.29) is 16.0 Å². The molecule has 24 heavy (non-hydrogen) atoms. The molecule has 6 heteroatoms. The Morgan fingerprint density at radius 2 is 2.00 bits per heavy atom. The van der Waals surface area contributed by atoms with Gasteiger partial charge in [0, 0.05) is 35.5 Å². The van der Waals surface area contributed by atoms with Crippen LogP contribution in [0.2, 0.25) is 0 Å². The van der Waals surface area contributed by atoms with Crippen molar-refractivity contribution in [2.24, 2.45) is 0 Å². The smallest absolute Gasteiger partial charge is 0.259 e. The largest absolute Gasteiger partial charge is 0.347 e. The highest BCUT2D eigenvalue weighted by molar-refractivity contribution is 9.12. The number of aldehydes is 1. The number of H-pyrrole nitrogens is 1. The number of benzene rings is 1. The lowest BCUT2D eigenvalue weighted by atomic mass is 10.1. The summed E-state index contributed by atoms with van der Waals surface area (Å²) in [4.78, 5) is 31.1. The van der Waals surface area contributed by atoms with Gasteiger partial charge in [-0.15, -0.1) is 0 Å². The van der Waals surface area contributed by atoms with Crippen molar-refractivity contribution in [1.29, 1.82) is 0 Å². The van der Waals surface area contributed by atoms with Gasteiger partial charge in [-0.25, -0.2) is 4.98 Å². The van der Waals surface area contributed by atoms with E-state index in [9.17, 15) is 9.59 Å². The number of carbonyl (C=O) groups is 2. The Balaban J connectivity index is 1.87. The zero-order chi connectivity index (χ0) is 16.9. The third-order valence-corrected chi connectivity index (χ3v) is 4.38. The van der Waals surface area contributed by atoms with E-state index in [4.69, 9.17) is 0 Å². The fraction of sp³-hybridized carbons (Fsp3) is 0.0556. The van der Waals surface area contributed by atoms with Crippen molar-refractivity contribution in [1.82, 2.24) is 15.3 Å². The normalized spacial score (nSPS) is 11.9. The predicted molar refractivity (Wildman–Crippen MR) is 96.3 cm³/mol. The first-order valence-electron chi connectivity index (χ1n) is 7.30. The minimum absolute atomic E-state index is 0.193. The van der Waals surface area contributed by atoms with Crippen molar-refractivity contribution >= 4 is 44.7 Å². The van der Waals surface area contributed by atoms with Crippen LogP contribution in [0.25, 0.3) is 16.6 Å². The molecule has 0 aliphatic carbocycles. The van der Waals surface area contributed by atoms with Gasteiger partial charge >= 0.3 is 0 Å². The lowest BCUT2D eigenvalue weighted by molar-refractivity contribution is -0.117. The third kappa shape index (κ3) is 3.28. The quantitative estimate of drug-likeness (QED) is 0.524. The number of nitrogens with zero attached hydrogens (tertiary/aromatic N) is 1. The number of aromatic nitrogens is 2. The SMILES string of the molecule is O=C/C(=C(/Br)C(=O)NCc1ccccc1)c1c[nH]c2ncccc12. The number of fused-ring (bicyclic) bond motifs is 1. The van der Waals surface area contributed by atoms with Crippen molar-refractivity contribution in [2.45, 2.75) is 6.54 Å². The van der Waals surface area contributed by atoms with Gasteiger partial charge in [0.25, 0.3) is 5.91 Å². The van der Waals surface area contributed by atoms with Crippen LogP contribution >= 0.6 is 15.9 Å². The topological polar surface area (TPSA) is 74.8 Å². The predicted octanol–water partition coefficient (Wildman–Crippen LogP) is 3.18. The van der Waals surface area contributed by atoms with Crippen LogP contribution in [0.15, 0.2) is 59.3 Å². The summed E-state index contributed by atoms with van der Waals surface area (Å²) in [6.07, 6.45) is 4.00. The van der Waals surface area contributed by atoms with Gasteiger partial charge in [0.05, 0.1) is 4.48 Å². The van der Waals surface area contributed by atoms with E-state index in [0.29, 0.717) is 24.0 Å². The molecule has 2 aromatic heterocycles. The summed E-state index contributed by atoms with van der Waals surface area (Å²) in [6.45, 7) is 0.385. The summed E-state index contributed by atoms with van der Waals surface area (Å²) >= 11 is 3.25. The van der Waals surface area contributed by atoms with Crippen molar-refractivity contribution in [3.05, 3.63) is 70.5 Å². The molecule has 2 N–H and O–H groups in total. The first-order chi connectivity index (χ1) is 11.7. The molecule has 0 saturated carbocycles. The number of amides is 1. The minimum atomic E-state index is -0.348. The number of carbonyl (C=O) groups excluding carboxylic acids is 2. The van der Waals surface area contributed by atoms with E-state index in [1.165, 1.54) is 0 Å². The van der Waals surface area contributed by atoms with Gasteiger partial charge in [-0.05, 0) is 33.6 Å². The Morgan fingerprint density at radius 1 is 1.21 bits per heavy atom. The lowest BCUT2D eigenvalue weighted by Crippen LogP contribution is -2.23. The molecule has 3 aromatic rings. The second-order valence-corrected chi connectivity index (χ2v) is 5.91. The van der Waals surface area contributed by atoms with Crippen LogP contribution < -0.4 is 5.32 Å². The maximum absolute atomic E-state index is 12.3. The van der Waals surface area contributed by atoms with E-state index < -0.39 is 0 Å². The molecule has 1 aromatic carbocycles. The standard InChI is InChI=1S/C18H14BrN3O2/c19-16(18(24)22-9-12-5-2-1-3-6-12)15(11-23)14-10-21-17-13(14)7-4-8-20-17/h1-8,10-11H,9H2,(H,20,21)(H,22,24)/b16-15-. The lowest BCUT2D eigenvalue weighted by Gasteiger charge is -2.07. The molecule has 0 fully saturated rings. The third-order valence-electron chi connectivity index (χ3n) is 3.59. The zero-order valence-electron chi connectivity index (χ0n) is 12.6. The first-order valence-corrected chi connectivity index (χ1v) is 8.09. The van der Waals surface area contributed by atoms with Crippen LogP contribution in [0.1, 0.15) is 11.1 Å². The molecule has 0 aliphatic heterocycles. The van der Waals surface area contributed by atoms with Crippen molar-refractivity contribution in [3.63, 3.8) is 0 Å². The molecule has 0 radical (unpaired) electrons. The van der Waals surface area contributed by atoms with Gasteiger partial charge in [0.15, 0.2) is 6.29 Å². The number of allylic oxidation sites excluding steroid dienone is 1. The number of rotatable bonds is 5. The molecule has 0 spiro atoms. The number of nitrogens with one attached hydrogen (secondary N) is 2. The van der Waals surface area contributed by atoms with E-state index in [2.05, 4.69) is 31.2 Å². The molecule has 0 unspecified atom stereocenters. The van der Waals surface area contributed by atoms with E-state index in [0.717, 1.165) is 10.9 Å². The molecule has 1 amide bonds. The van der Waals surface area contributed by atoms with Crippen LogP contribution in [-0.2, 0) is 16.1 Å². The minimum Gasteiger partial charge on any atom is -0.347 e. The average Bonchev–Trinajstić information content (AvgIpc) is 3.05. The highest BCUT2D eigenvalue weighted by atomic mass is 79.9. The Labute approximate surface area is 146 Å². The van der Waals surface area contributed by atoms with Gasteiger partial charge in [0.1, 0.15) is 5.65 Å². The highest BCUT2D eigenvalue weighted by Gasteiger charge is 2.17. The van der Waals surface area contributed by atoms with E-state index >= 15 is 0 Å². The van der Waals surface area contributed by atoms with Crippen molar-refractivity contribution in [3.8, 4) is 0 Å². The molecule has 0 bridgehead atoms. The molecule has 2 heterocycles. The van der Waals surface area contributed by atoms with Crippen LogP contribution in [-0.4, -0.2) is 22.2 Å². The maximum atomic E-state index is 12.3. The average molecular weight is 384 g/mol. The van der Waals surface area contributed by atoms with Crippen molar-refractivity contribution < 1.29 is 9.59 Å². The molecule has 0 atom stereocenters. The number of hydrogen-bond donors (Lipinski definition) is 2. The monoisotopic (exact) mass is 383 g/mol. The summed E-state index contributed by atoms with van der Waals surface area (Å²) in [5.74, 6) is -0.348. The van der Waals surface area contributed by atoms with Crippen molar-refractivity contribution in [2.75, 3.05) is 0 Å². The first kappa shape index (κ1) is 16.1. The number of pyridine rings is 1. The van der Waals surface area contributed by atoms with Crippen LogP contribution in [0.4, 0.5) is 0 Å². The summed E-state index contributed by atoms with van der Waals surface area (Å²) in [5.41, 5.74) is 2.56. The second-order valence-electron chi connectivity index (χ2n) is 5.12. The summed E-state index contributed by atoms with van der Waals surface area (Å²) in [6, 6.07) is 13.2. The highest BCUT2D eigenvalue weighted by Crippen LogP contribution is 2.27. The summed E-state index contributed by atoms with van der Waals surface area (Å²) in [5, 5.41) is 3.58. The van der Waals surface area contributed by atoms with Crippen LogP contribution in [0, 0.1) is 0 Å². The second kappa shape index (κ2) is 7.23. The van der Waals surface area contributed by atoms with Crippen LogP contribution in [0.5, 0.6) is 0 Å². The molecule has 0 saturated heterocycles. The molecular formula is C18H14BrN3O2. The Hall–Kier alpha value is -2.73. The molecule has 120 valence electrons. The van der Waals surface area contributed by atoms with Gasteiger partial charge < -0.3 is 10.3 Å². The van der Waals surface area contributed by atoms with Crippen LogP contribution in [0.3, 0.4) is 0 Å². The van der Waals surface area contributed by atoms with Gasteiger partial charge in [-0.1, -0.05) is 30.3 Å². The zero-order valence-corrected chi connectivity index (χ0v) is 14.2. The van der Waals surface area contributed by atoms with Gasteiger partial charge in [0.2, 0.25) is 0 Å². The summed E-state index contributed by atoms with van der Waals surface area (Å²) in [7, 11) is 0. The summed E-state index contributed by atoms with van der Waals surface area (Å²) < 4.78 is 0.193. The van der Waals surface area contributed by atoms with Gasteiger partial charge in [-0.2, -0.15) is 0 Å². The maximum Gasteiger partial charge on any atom is 0.259 e. The molecule has 0 aliphatic rings. The number of hydrogen-bond acceptors (Lipinski definition) is 3. The van der Waals surface area contributed by atoms with Gasteiger partial charge in [-0.3, -0.25) is 9.59 Å². The Kier molecular flexibility index (Phi) is 4.86. The Bertz CT molecular complexity index is 916. The molecule has 3 rings (SSSR count). The fourth-order valence-electron chi connectivity index (χ4n) is 2.39. The molecular weight excluding hydrogens is 370 g/mol. The van der Waals surface area contributed by atoms with E-state index in [1.807, 2.05) is 36.4 Å².